The zero-order valence-electron chi connectivity index (χ0n) is 10.7. The van der Waals surface area contributed by atoms with Gasteiger partial charge in [0.2, 0.25) is 0 Å². The maximum absolute atomic E-state index is 12.2. The van der Waals surface area contributed by atoms with Crippen molar-refractivity contribution in [3.63, 3.8) is 0 Å². The van der Waals surface area contributed by atoms with E-state index in [1.807, 2.05) is 13.8 Å². The molecule has 0 radical (unpaired) electrons. The van der Waals surface area contributed by atoms with Gasteiger partial charge in [-0.3, -0.25) is 14.4 Å². The van der Waals surface area contributed by atoms with Crippen molar-refractivity contribution in [3.05, 3.63) is 0 Å². The van der Waals surface area contributed by atoms with Gasteiger partial charge in [0.05, 0.1) is 5.41 Å². The van der Waals surface area contributed by atoms with Crippen molar-refractivity contribution in [2.24, 2.45) is 10.8 Å². The van der Waals surface area contributed by atoms with Crippen LogP contribution in [0.5, 0.6) is 0 Å². The highest BCUT2D eigenvalue weighted by atomic mass is 16.6. The Labute approximate surface area is 105 Å². The Morgan fingerprint density at radius 2 is 1.94 bits per heavy atom. The largest absolute Gasteiger partial charge is 0.480 e. The van der Waals surface area contributed by atoms with Crippen molar-refractivity contribution in [1.29, 1.82) is 0 Å². The van der Waals surface area contributed by atoms with Crippen molar-refractivity contribution in [2.45, 2.75) is 39.2 Å². The summed E-state index contributed by atoms with van der Waals surface area (Å²) in [5.74, 6) is -2.00. The van der Waals surface area contributed by atoms with Gasteiger partial charge in [0.15, 0.2) is 5.60 Å². The first-order valence-corrected chi connectivity index (χ1v) is 5.91. The molecule has 6 heteroatoms. The van der Waals surface area contributed by atoms with Crippen molar-refractivity contribution in [3.8, 4) is 0 Å². The van der Waals surface area contributed by atoms with Gasteiger partial charge < -0.3 is 15.2 Å². The summed E-state index contributed by atoms with van der Waals surface area (Å²) in [5, 5.41) is 10.9. The molecule has 2 aliphatic rings. The van der Waals surface area contributed by atoms with Crippen LogP contribution in [-0.4, -0.2) is 35.1 Å². The lowest BCUT2D eigenvalue weighted by molar-refractivity contribution is -0.168. The van der Waals surface area contributed by atoms with Gasteiger partial charge in [-0.25, -0.2) is 0 Å². The quantitative estimate of drug-likeness (QED) is 0.708. The average Bonchev–Trinajstić information content (AvgIpc) is 2.56. The van der Waals surface area contributed by atoms with Crippen molar-refractivity contribution in [1.82, 2.24) is 5.32 Å². The second kappa shape index (κ2) is 3.46. The van der Waals surface area contributed by atoms with Crippen molar-refractivity contribution >= 4 is 17.8 Å². The fourth-order valence-corrected chi connectivity index (χ4v) is 3.05. The molecule has 2 atom stereocenters. The molecule has 0 aromatic heterocycles. The molecule has 1 aliphatic carbocycles. The zero-order chi connectivity index (χ0) is 13.8. The summed E-state index contributed by atoms with van der Waals surface area (Å²) in [7, 11) is 0. The number of carboxylic acid groups (broad SMARTS) is 1. The Balaban J connectivity index is 2.30. The molecule has 2 bridgehead atoms. The van der Waals surface area contributed by atoms with E-state index in [-0.39, 0.29) is 5.97 Å². The fourth-order valence-electron chi connectivity index (χ4n) is 3.05. The minimum Gasteiger partial charge on any atom is -0.480 e. The molecule has 100 valence electrons. The molecule has 2 N–H and O–H groups in total. The number of rotatable bonds is 3. The van der Waals surface area contributed by atoms with E-state index in [0.717, 1.165) is 0 Å². The Morgan fingerprint density at radius 1 is 1.33 bits per heavy atom. The van der Waals surface area contributed by atoms with Crippen LogP contribution in [0.2, 0.25) is 0 Å². The van der Waals surface area contributed by atoms with Gasteiger partial charge in [0.1, 0.15) is 6.54 Å². The highest BCUT2D eigenvalue weighted by Gasteiger charge is 2.75. The number of nitrogens with one attached hydrogen (secondary N) is 1. The first-order chi connectivity index (χ1) is 8.17. The van der Waals surface area contributed by atoms with Crippen LogP contribution in [0.25, 0.3) is 0 Å². The maximum atomic E-state index is 12.2. The van der Waals surface area contributed by atoms with Gasteiger partial charge in [-0.2, -0.15) is 0 Å². The minimum atomic E-state index is -1.23. The Morgan fingerprint density at radius 3 is 2.33 bits per heavy atom. The molecule has 2 rings (SSSR count). The van der Waals surface area contributed by atoms with E-state index in [1.165, 1.54) is 0 Å². The molecule has 0 aromatic carbocycles. The first kappa shape index (κ1) is 12.9. The summed E-state index contributed by atoms with van der Waals surface area (Å²) >= 11 is 0. The molecule has 0 aromatic rings. The molecule has 1 saturated carbocycles. The van der Waals surface area contributed by atoms with Gasteiger partial charge >= 0.3 is 11.9 Å². The third-order valence-corrected chi connectivity index (χ3v) is 4.85. The Bertz CT molecular complexity index is 444. The molecule has 1 heterocycles. The first-order valence-electron chi connectivity index (χ1n) is 5.91. The normalized spacial score (nSPS) is 36.3. The Kier molecular flexibility index (Phi) is 2.47. The number of carbonyl (C=O) groups is 3. The smallest absolute Gasteiger partial charge is 0.322 e. The molecule has 0 spiro atoms. The number of hydrogen-bond donors (Lipinski definition) is 2. The van der Waals surface area contributed by atoms with Crippen molar-refractivity contribution < 1.29 is 24.2 Å². The van der Waals surface area contributed by atoms with Crippen LogP contribution in [0, 0.1) is 10.8 Å². The third kappa shape index (κ3) is 1.26. The van der Waals surface area contributed by atoms with Gasteiger partial charge in [-0.05, 0) is 19.8 Å². The van der Waals surface area contributed by atoms with E-state index in [1.54, 1.807) is 6.92 Å². The van der Waals surface area contributed by atoms with Crippen LogP contribution in [0.1, 0.15) is 33.6 Å². The fraction of sp³-hybridized carbons (Fsp3) is 0.750. The van der Waals surface area contributed by atoms with E-state index < -0.39 is 34.9 Å². The van der Waals surface area contributed by atoms with Crippen LogP contribution >= 0.6 is 0 Å². The summed E-state index contributed by atoms with van der Waals surface area (Å²) in [6, 6.07) is 0. The number of aliphatic carboxylic acids is 1. The summed E-state index contributed by atoms with van der Waals surface area (Å²) in [5.41, 5.74) is -2.54. The van der Waals surface area contributed by atoms with Crippen LogP contribution in [0.15, 0.2) is 0 Å². The number of fused-ring (bicyclic) bond motifs is 2. The number of amides is 1. The van der Waals surface area contributed by atoms with Crippen molar-refractivity contribution in [2.75, 3.05) is 6.54 Å². The predicted molar refractivity (Wildman–Crippen MR) is 60.6 cm³/mol. The molecule has 2 fully saturated rings. The lowest BCUT2D eigenvalue weighted by atomic mass is 9.66. The average molecular weight is 255 g/mol. The standard InChI is InChI=1S/C12H17NO5/c1-10(2)11(3)4-5-12(10,18-9(11)17)8(16)13-6-7(14)15/h4-6H2,1-3H3,(H,13,16)(H,14,15)/t11-,12-/m1/s1. The molecule has 1 amide bonds. The van der Waals surface area contributed by atoms with Crippen LogP contribution in [0.3, 0.4) is 0 Å². The monoisotopic (exact) mass is 255 g/mol. The molecule has 1 saturated heterocycles. The Hall–Kier alpha value is -1.59. The number of ether oxygens (including phenoxy) is 1. The highest BCUT2D eigenvalue weighted by Crippen LogP contribution is 2.65. The van der Waals surface area contributed by atoms with Crippen LogP contribution in [0.4, 0.5) is 0 Å². The lowest BCUT2D eigenvalue weighted by Gasteiger charge is -2.35. The minimum absolute atomic E-state index is 0.371. The van der Waals surface area contributed by atoms with Gasteiger partial charge in [0.25, 0.3) is 5.91 Å². The molecule has 18 heavy (non-hydrogen) atoms. The van der Waals surface area contributed by atoms with Gasteiger partial charge in [-0.1, -0.05) is 13.8 Å². The number of carboxylic acids is 1. The third-order valence-electron chi connectivity index (χ3n) is 4.85. The predicted octanol–water partition coefficient (Wildman–Crippen LogP) is 0.309. The van der Waals surface area contributed by atoms with Gasteiger partial charge in [-0.15, -0.1) is 0 Å². The van der Waals surface area contributed by atoms with E-state index in [2.05, 4.69) is 5.32 Å². The van der Waals surface area contributed by atoms with Crippen LogP contribution in [-0.2, 0) is 19.1 Å². The van der Waals surface area contributed by atoms with Crippen LogP contribution < -0.4 is 5.32 Å². The topological polar surface area (TPSA) is 92.7 Å². The molecule has 1 aliphatic heterocycles. The second-order valence-electron chi connectivity index (χ2n) is 5.75. The lowest BCUT2D eigenvalue weighted by Crippen LogP contribution is -2.54. The number of esters is 1. The summed E-state index contributed by atoms with van der Waals surface area (Å²) in [6.45, 7) is 4.98. The van der Waals surface area contributed by atoms with E-state index in [4.69, 9.17) is 9.84 Å². The van der Waals surface area contributed by atoms with E-state index in [9.17, 15) is 14.4 Å². The number of hydrogen-bond acceptors (Lipinski definition) is 4. The number of carbonyl (C=O) groups excluding carboxylic acids is 2. The highest BCUT2D eigenvalue weighted by molar-refractivity contribution is 5.97. The summed E-state index contributed by atoms with van der Waals surface area (Å²) < 4.78 is 5.32. The zero-order valence-corrected chi connectivity index (χ0v) is 10.7. The molecular weight excluding hydrogens is 238 g/mol. The molecular formula is C12H17NO5. The summed E-state index contributed by atoms with van der Waals surface area (Å²) in [4.78, 5) is 34.6. The second-order valence-corrected chi connectivity index (χ2v) is 5.75. The SMILES string of the molecule is CC1(C)[C@]2(C)CC[C@]1(C(=O)NCC(=O)O)OC2=O. The van der Waals surface area contributed by atoms with Gasteiger partial charge in [0, 0.05) is 5.41 Å². The molecule has 0 unspecified atom stereocenters. The summed E-state index contributed by atoms with van der Waals surface area (Å²) in [6.07, 6.45) is 1.02. The molecule has 6 nitrogen and oxygen atoms in total. The van der Waals surface area contributed by atoms with E-state index >= 15 is 0 Å². The van der Waals surface area contributed by atoms with E-state index in [0.29, 0.717) is 12.8 Å². The maximum Gasteiger partial charge on any atom is 0.322 e.